The summed E-state index contributed by atoms with van der Waals surface area (Å²) in [6, 6.07) is 0.823. The number of rotatable bonds is 3. The van der Waals surface area contributed by atoms with Crippen LogP contribution in [0.5, 0.6) is 0 Å². The van der Waals surface area contributed by atoms with Gasteiger partial charge in [0.15, 0.2) is 0 Å². The number of hydrogen-bond acceptors (Lipinski definition) is 4. The van der Waals surface area contributed by atoms with Crippen LogP contribution < -0.4 is 5.32 Å². The summed E-state index contributed by atoms with van der Waals surface area (Å²) in [6.07, 6.45) is 11.0. The fourth-order valence-electron chi connectivity index (χ4n) is 3.67. The van der Waals surface area contributed by atoms with Crippen LogP contribution in [0, 0.1) is 55.9 Å². The van der Waals surface area contributed by atoms with Gasteiger partial charge < -0.3 is 21.9 Å². The quantitative estimate of drug-likeness (QED) is 0.534. The maximum absolute atomic E-state index is 5.18. The van der Waals surface area contributed by atoms with E-state index in [4.69, 9.17) is 4.74 Å². The molecule has 0 radical (unpaired) electrons. The zero-order valence-electron chi connectivity index (χ0n) is 15.6. The van der Waals surface area contributed by atoms with Crippen molar-refractivity contribution < 1.29 is 35.9 Å². The van der Waals surface area contributed by atoms with Gasteiger partial charge in [-0.05, 0) is 37.3 Å². The Balaban J connectivity index is 0.000000196. The molecular formula is C20H31N3OU. The van der Waals surface area contributed by atoms with E-state index in [1.54, 1.807) is 0 Å². The van der Waals surface area contributed by atoms with E-state index in [1.807, 2.05) is 6.34 Å². The third-order valence-corrected chi connectivity index (χ3v) is 5.44. The molecule has 4 aliphatic rings. The van der Waals surface area contributed by atoms with Crippen LogP contribution >= 0.6 is 0 Å². The Morgan fingerprint density at radius 1 is 1.36 bits per heavy atom. The van der Waals surface area contributed by atoms with Crippen LogP contribution in [0.3, 0.4) is 0 Å². The number of morpholine rings is 1. The Labute approximate surface area is 176 Å². The van der Waals surface area contributed by atoms with Crippen molar-refractivity contribution in [1.29, 1.82) is 0 Å². The number of fused-ring (bicyclic) bond motifs is 1. The van der Waals surface area contributed by atoms with Gasteiger partial charge in [0.05, 0.1) is 19.6 Å². The smallest absolute Gasteiger partial charge is 0.386 e. The minimum atomic E-state index is 0. The van der Waals surface area contributed by atoms with Crippen molar-refractivity contribution in [1.82, 2.24) is 10.2 Å². The molecule has 2 aliphatic carbocycles. The van der Waals surface area contributed by atoms with Gasteiger partial charge in [0.2, 0.25) is 0 Å². The summed E-state index contributed by atoms with van der Waals surface area (Å²) in [7, 11) is 0. The first kappa shape index (κ1) is 21.2. The number of nitrogens with zero attached hydrogens (tertiary/aromatic N) is 2. The number of hydrogen-bond donors (Lipinski definition) is 1. The predicted molar refractivity (Wildman–Crippen MR) is 98.8 cm³/mol. The number of aliphatic imine (C=N–C) groups is 1. The number of allylic oxidation sites excluding steroid dienone is 2. The maximum atomic E-state index is 5.18. The maximum Gasteiger partial charge on any atom is 2.00 e. The minimum Gasteiger partial charge on any atom is -0.386 e. The SMILES string of the molecule is CC1NC=NC2CC(C3CC3C)=[C-]C=C21.[CH2-]CCN1CCOCC1.[U+2]. The fourth-order valence-corrected chi connectivity index (χ4v) is 3.67. The van der Waals surface area contributed by atoms with Crippen molar-refractivity contribution in [3.8, 4) is 0 Å². The summed E-state index contributed by atoms with van der Waals surface area (Å²) in [6.45, 7) is 13.4. The van der Waals surface area contributed by atoms with E-state index >= 15 is 0 Å². The summed E-state index contributed by atoms with van der Waals surface area (Å²) in [5.74, 6) is 1.69. The monoisotopic (exact) mass is 567 g/mol. The zero-order chi connectivity index (χ0) is 16.9. The summed E-state index contributed by atoms with van der Waals surface area (Å²) < 4.78 is 5.18. The number of ether oxygens (including phenoxy) is 1. The van der Waals surface area contributed by atoms with Crippen LogP contribution in [0.4, 0.5) is 0 Å². The van der Waals surface area contributed by atoms with Crippen LogP contribution in [-0.2, 0) is 4.74 Å². The van der Waals surface area contributed by atoms with Crippen LogP contribution in [0.15, 0.2) is 22.2 Å². The largest absolute Gasteiger partial charge is 2.00 e. The van der Waals surface area contributed by atoms with Gasteiger partial charge in [-0.1, -0.05) is 13.8 Å². The van der Waals surface area contributed by atoms with Crippen LogP contribution in [0.1, 0.15) is 33.1 Å². The Hall–Kier alpha value is -0.0781. The Morgan fingerprint density at radius 2 is 2.08 bits per heavy atom. The number of nitrogens with one attached hydrogen (secondary N) is 1. The molecule has 0 amide bonds. The van der Waals surface area contributed by atoms with E-state index < -0.39 is 0 Å². The normalized spacial score (nSPS) is 33.6. The summed E-state index contributed by atoms with van der Waals surface area (Å²) in [4.78, 5) is 6.91. The Morgan fingerprint density at radius 3 is 2.72 bits per heavy atom. The van der Waals surface area contributed by atoms with Crippen molar-refractivity contribution in [2.24, 2.45) is 16.8 Å². The van der Waals surface area contributed by atoms with E-state index in [-0.39, 0.29) is 31.1 Å². The van der Waals surface area contributed by atoms with E-state index in [2.05, 4.69) is 48.1 Å². The van der Waals surface area contributed by atoms with E-state index in [1.165, 1.54) is 17.6 Å². The molecule has 4 atom stereocenters. The van der Waals surface area contributed by atoms with E-state index in [0.717, 1.165) is 57.5 Å². The van der Waals surface area contributed by atoms with Gasteiger partial charge in [-0.25, -0.2) is 6.08 Å². The van der Waals surface area contributed by atoms with E-state index in [9.17, 15) is 0 Å². The molecule has 1 saturated carbocycles. The van der Waals surface area contributed by atoms with Crippen molar-refractivity contribution in [3.63, 3.8) is 0 Å². The van der Waals surface area contributed by atoms with Crippen molar-refractivity contribution >= 4 is 6.34 Å². The first-order valence-electron chi connectivity index (χ1n) is 9.38. The average Bonchev–Trinajstić information content (AvgIpc) is 3.34. The molecular weight excluding hydrogens is 536 g/mol. The molecule has 1 N–H and O–H groups in total. The van der Waals surface area contributed by atoms with Crippen molar-refractivity contribution in [3.05, 3.63) is 30.2 Å². The summed E-state index contributed by atoms with van der Waals surface area (Å²) in [5.41, 5.74) is 2.90. The average molecular weight is 568 g/mol. The van der Waals surface area contributed by atoms with Crippen molar-refractivity contribution in [2.45, 2.75) is 45.2 Å². The van der Waals surface area contributed by atoms with Crippen LogP contribution in [-0.4, -0.2) is 56.2 Å². The Kier molecular flexibility index (Phi) is 8.75. The second-order valence-corrected chi connectivity index (χ2v) is 7.33. The molecule has 0 aromatic rings. The molecule has 0 aromatic carbocycles. The topological polar surface area (TPSA) is 36.9 Å². The van der Waals surface area contributed by atoms with Gasteiger partial charge >= 0.3 is 31.1 Å². The standard InChI is InChI=1S/C13H17N2.C7H14NO.U/c1-8-5-12(8)10-3-4-11-9(2)14-7-15-13(11)6-10;1-2-3-8-4-6-9-7-5-8;/h4,7-9,12-13H,5-6H2,1-2H3,(H,14,15);1-7H2;/q2*-1;+2. The molecule has 4 rings (SSSR count). The molecule has 0 spiro atoms. The zero-order valence-corrected chi connectivity index (χ0v) is 19.8. The van der Waals surface area contributed by atoms with Crippen LogP contribution in [0.2, 0.25) is 0 Å². The molecule has 25 heavy (non-hydrogen) atoms. The molecule has 2 aliphatic heterocycles. The fraction of sp³-hybridized carbons (Fsp3) is 0.700. The second-order valence-electron chi connectivity index (χ2n) is 7.33. The minimum absolute atomic E-state index is 0. The third kappa shape index (κ3) is 5.96. The molecule has 0 aromatic heterocycles. The molecule has 4 unspecified atom stereocenters. The third-order valence-electron chi connectivity index (χ3n) is 5.44. The van der Waals surface area contributed by atoms with Gasteiger partial charge in [-0.3, -0.25) is 11.1 Å². The molecule has 5 heteroatoms. The summed E-state index contributed by atoms with van der Waals surface area (Å²) in [5, 5.41) is 3.24. The Bertz CT molecular complexity index is 508. The molecule has 0 bridgehead atoms. The van der Waals surface area contributed by atoms with Gasteiger partial charge in [0.25, 0.3) is 0 Å². The second kappa shape index (κ2) is 10.3. The first-order chi connectivity index (χ1) is 11.7. The van der Waals surface area contributed by atoms with Gasteiger partial charge in [-0.2, -0.15) is 17.6 Å². The molecule has 4 nitrogen and oxygen atoms in total. The first-order valence-corrected chi connectivity index (χ1v) is 9.38. The molecule has 1 saturated heterocycles. The molecule has 136 valence electrons. The van der Waals surface area contributed by atoms with Crippen LogP contribution in [0.25, 0.3) is 0 Å². The van der Waals surface area contributed by atoms with Gasteiger partial charge in [-0.15, -0.1) is 0 Å². The van der Waals surface area contributed by atoms with Gasteiger partial charge in [0.1, 0.15) is 0 Å². The summed E-state index contributed by atoms with van der Waals surface area (Å²) >= 11 is 0. The molecule has 2 heterocycles. The predicted octanol–water partition coefficient (Wildman–Crippen LogP) is 2.63. The van der Waals surface area contributed by atoms with E-state index in [0.29, 0.717) is 12.1 Å². The van der Waals surface area contributed by atoms with Crippen molar-refractivity contribution in [2.75, 3.05) is 32.8 Å². The molecule has 2 fully saturated rings. The van der Waals surface area contributed by atoms with Gasteiger partial charge in [0, 0.05) is 19.1 Å².